The van der Waals surface area contributed by atoms with E-state index in [1.54, 1.807) is 0 Å². The Labute approximate surface area is 231 Å². The highest BCUT2D eigenvalue weighted by Crippen LogP contribution is 2.39. The summed E-state index contributed by atoms with van der Waals surface area (Å²) < 4.78 is 0. The number of nitrogens with zero attached hydrogens (tertiary/aromatic N) is 2. The minimum atomic E-state index is 1.12. The zero-order chi connectivity index (χ0) is 26.4. The van der Waals surface area contributed by atoms with Crippen molar-refractivity contribution in [2.24, 2.45) is 0 Å². The molecule has 0 spiro atoms. The Morgan fingerprint density at radius 2 is 0.641 bits per heavy atom. The summed E-state index contributed by atoms with van der Waals surface area (Å²) >= 11 is 0. The predicted octanol–water partition coefficient (Wildman–Crippen LogP) is 10.6. The van der Waals surface area contributed by atoms with E-state index in [4.69, 9.17) is 0 Å². The number of hydrogen-bond donors (Lipinski definition) is 0. The monoisotopic (exact) mass is 502 g/mol. The molecule has 0 aliphatic carbocycles. The molecule has 6 rings (SSSR count). The van der Waals surface area contributed by atoms with Gasteiger partial charge in [0, 0.05) is 34.1 Å². The minimum Gasteiger partial charge on any atom is -0.310 e. The summed E-state index contributed by atoms with van der Waals surface area (Å²) in [6.07, 6.45) is 0. The normalized spacial score (nSPS) is 10.7. The van der Waals surface area contributed by atoms with Crippen molar-refractivity contribution in [2.75, 3.05) is 9.80 Å². The fourth-order valence-corrected chi connectivity index (χ4v) is 5.04. The van der Waals surface area contributed by atoms with Gasteiger partial charge in [-0.05, 0) is 96.4 Å². The molecule has 0 N–H and O–H groups in total. The Balaban J connectivity index is 1.43. The largest absolute Gasteiger partial charge is 0.310 e. The molecule has 0 radical (unpaired) electrons. The van der Waals surface area contributed by atoms with Gasteiger partial charge in [0.2, 0.25) is 0 Å². The standard InChI is InChI=1S/C37H30N2/c1-29-14-11-23-35(26-29)39(34-21-9-4-10-22-34)37-25-13-16-31(28-37)30-15-12-24-36(27-30)38(32-17-5-2-6-18-32)33-19-7-3-8-20-33/h2-28H,1H3. The topological polar surface area (TPSA) is 6.48 Å². The first-order chi connectivity index (χ1) is 19.3. The molecule has 2 heteroatoms. The van der Waals surface area contributed by atoms with Crippen molar-refractivity contribution >= 4 is 34.1 Å². The van der Waals surface area contributed by atoms with E-state index in [1.807, 2.05) is 0 Å². The van der Waals surface area contributed by atoms with Crippen LogP contribution in [0.3, 0.4) is 0 Å². The summed E-state index contributed by atoms with van der Waals surface area (Å²) in [5.41, 5.74) is 10.4. The average molecular weight is 503 g/mol. The van der Waals surface area contributed by atoms with Gasteiger partial charge in [-0.15, -0.1) is 0 Å². The smallest absolute Gasteiger partial charge is 0.0467 e. The summed E-state index contributed by atoms with van der Waals surface area (Å²) in [5.74, 6) is 0. The molecule has 188 valence electrons. The van der Waals surface area contributed by atoms with Crippen LogP contribution in [0, 0.1) is 6.92 Å². The second-order valence-corrected chi connectivity index (χ2v) is 9.62. The van der Waals surface area contributed by atoms with Crippen LogP contribution in [0.2, 0.25) is 0 Å². The Kier molecular flexibility index (Phi) is 6.92. The Morgan fingerprint density at radius 1 is 0.308 bits per heavy atom. The van der Waals surface area contributed by atoms with Crippen LogP contribution in [0.5, 0.6) is 0 Å². The lowest BCUT2D eigenvalue weighted by atomic mass is 10.0. The van der Waals surface area contributed by atoms with Crippen molar-refractivity contribution in [3.8, 4) is 11.1 Å². The molecular weight excluding hydrogens is 472 g/mol. The minimum absolute atomic E-state index is 1.12. The van der Waals surface area contributed by atoms with Crippen LogP contribution in [0.4, 0.5) is 34.1 Å². The van der Waals surface area contributed by atoms with Crippen molar-refractivity contribution in [3.05, 3.63) is 169 Å². The lowest BCUT2D eigenvalue weighted by Gasteiger charge is -2.27. The highest BCUT2D eigenvalue weighted by Gasteiger charge is 2.15. The first-order valence-corrected chi connectivity index (χ1v) is 13.3. The van der Waals surface area contributed by atoms with Crippen LogP contribution in [0.1, 0.15) is 5.56 Å². The highest BCUT2D eigenvalue weighted by molar-refractivity contribution is 5.83. The van der Waals surface area contributed by atoms with Crippen LogP contribution >= 0.6 is 0 Å². The molecule has 0 aliphatic heterocycles. The van der Waals surface area contributed by atoms with Gasteiger partial charge in [-0.3, -0.25) is 0 Å². The zero-order valence-electron chi connectivity index (χ0n) is 22.0. The second kappa shape index (κ2) is 11.1. The molecule has 0 saturated heterocycles. The first-order valence-electron chi connectivity index (χ1n) is 13.3. The summed E-state index contributed by atoms with van der Waals surface area (Å²) in [5, 5.41) is 0. The molecule has 2 nitrogen and oxygen atoms in total. The van der Waals surface area contributed by atoms with E-state index in [2.05, 4.69) is 181 Å². The van der Waals surface area contributed by atoms with Crippen molar-refractivity contribution in [2.45, 2.75) is 6.92 Å². The molecule has 0 aliphatic rings. The maximum absolute atomic E-state index is 2.32. The van der Waals surface area contributed by atoms with Crippen LogP contribution in [-0.4, -0.2) is 0 Å². The molecule has 6 aromatic carbocycles. The Bertz CT molecular complexity index is 1620. The number of anilines is 6. The molecule has 0 atom stereocenters. The van der Waals surface area contributed by atoms with E-state index in [1.165, 1.54) is 16.7 Å². The van der Waals surface area contributed by atoms with Gasteiger partial charge >= 0.3 is 0 Å². The molecule has 0 fully saturated rings. The first kappa shape index (κ1) is 24.3. The van der Waals surface area contributed by atoms with Crippen molar-refractivity contribution in [3.63, 3.8) is 0 Å². The van der Waals surface area contributed by atoms with Crippen molar-refractivity contribution in [1.82, 2.24) is 0 Å². The SMILES string of the molecule is Cc1cccc(N(c2ccccc2)c2cccc(-c3cccc(N(c4ccccc4)c4ccccc4)c3)c2)c1. The van der Waals surface area contributed by atoms with E-state index in [0.717, 1.165) is 34.1 Å². The lowest BCUT2D eigenvalue weighted by Crippen LogP contribution is -2.10. The van der Waals surface area contributed by atoms with Gasteiger partial charge in [-0.25, -0.2) is 0 Å². The molecule has 0 amide bonds. The predicted molar refractivity (Wildman–Crippen MR) is 166 cm³/mol. The lowest BCUT2D eigenvalue weighted by molar-refractivity contribution is 1.27. The number of benzene rings is 6. The number of para-hydroxylation sites is 3. The Hall–Kier alpha value is -5.08. The third-order valence-corrected chi connectivity index (χ3v) is 6.85. The molecule has 0 saturated carbocycles. The molecular formula is C37H30N2. The van der Waals surface area contributed by atoms with E-state index < -0.39 is 0 Å². The van der Waals surface area contributed by atoms with E-state index in [-0.39, 0.29) is 0 Å². The fraction of sp³-hybridized carbons (Fsp3) is 0.0270. The number of hydrogen-bond acceptors (Lipinski definition) is 2. The Morgan fingerprint density at radius 3 is 1.05 bits per heavy atom. The number of rotatable bonds is 7. The summed E-state index contributed by atoms with van der Waals surface area (Å²) in [6, 6.07) is 57.9. The third kappa shape index (κ3) is 5.32. The summed E-state index contributed by atoms with van der Waals surface area (Å²) in [4.78, 5) is 4.62. The zero-order valence-corrected chi connectivity index (χ0v) is 22.0. The van der Waals surface area contributed by atoms with Crippen molar-refractivity contribution in [1.29, 1.82) is 0 Å². The highest BCUT2D eigenvalue weighted by atomic mass is 15.1. The summed E-state index contributed by atoms with van der Waals surface area (Å²) in [7, 11) is 0. The van der Waals surface area contributed by atoms with E-state index >= 15 is 0 Å². The van der Waals surface area contributed by atoms with E-state index in [9.17, 15) is 0 Å². The summed E-state index contributed by atoms with van der Waals surface area (Å²) in [6.45, 7) is 2.14. The molecule has 6 aromatic rings. The van der Waals surface area contributed by atoms with Gasteiger partial charge in [0.05, 0.1) is 0 Å². The second-order valence-electron chi connectivity index (χ2n) is 9.62. The van der Waals surface area contributed by atoms with Gasteiger partial charge in [-0.2, -0.15) is 0 Å². The average Bonchev–Trinajstić information content (AvgIpc) is 3.00. The molecule has 0 unspecified atom stereocenters. The molecule has 39 heavy (non-hydrogen) atoms. The third-order valence-electron chi connectivity index (χ3n) is 6.85. The fourth-order valence-electron chi connectivity index (χ4n) is 5.04. The van der Waals surface area contributed by atoms with Gasteiger partial charge in [0.25, 0.3) is 0 Å². The van der Waals surface area contributed by atoms with Crippen LogP contribution in [0.15, 0.2) is 164 Å². The van der Waals surface area contributed by atoms with E-state index in [0.29, 0.717) is 0 Å². The number of aryl methyl sites for hydroxylation is 1. The maximum Gasteiger partial charge on any atom is 0.0467 e. The van der Waals surface area contributed by atoms with Gasteiger partial charge < -0.3 is 9.80 Å². The van der Waals surface area contributed by atoms with Crippen LogP contribution in [0.25, 0.3) is 11.1 Å². The van der Waals surface area contributed by atoms with Gasteiger partial charge in [0.15, 0.2) is 0 Å². The molecule has 0 heterocycles. The van der Waals surface area contributed by atoms with Crippen molar-refractivity contribution < 1.29 is 0 Å². The van der Waals surface area contributed by atoms with Crippen LogP contribution in [-0.2, 0) is 0 Å². The van der Waals surface area contributed by atoms with Crippen LogP contribution < -0.4 is 9.80 Å². The quantitative estimate of drug-likeness (QED) is 0.214. The maximum atomic E-state index is 2.32. The van der Waals surface area contributed by atoms with Gasteiger partial charge in [0.1, 0.15) is 0 Å². The van der Waals surface area contributed by atoms with Gasteiger partial charge in [-0.1, -0.05) is 91.0 Å². The molecule has 0 aromatic heterocycles. The molecule has 0 bridgehead atoms.